The Morgan fingerprint density at radius 3 is 1.91 bits per heavy atom. The molecule has 14 nitrogen and oxygen atoms in total. The molecule has 6 rings (SSSR count). The first-order valence-corrected chi connectivity index (χ1v) is 17.7. The molecule has 0 aliphatic carbocycles. The number of rotatable bonds is 14. The number of fused-ring (bicyclic) bond motifs is 1. The zero-order chi connectivity index (χ0) is 38.6. The average molecular weight is 739 g/mol. The number of aliphatic hydroxyl groups excluding tert-OH is 1. The summed E-state index contributed by atoms with van der Waals surface area (Å²) in [6.07, 6.45) is -2.39. The van der Waals surface area contributed by atoms with Crippen LogP contribution in [0.1, 0.15) is 50.6 Å². The summed E-state index contributed by atoms with van der Waals surface area (Å²) in [5.74, 6) is 0.163. The average Bonchev–Trinajstić information content (AvgIpc) is 3.75. The van der Waals surface area contributed by atoms with Crippen molar-refractivity contribution in [3.63, 3.8) is 0 Å². The highest BCUT2D eigenvalue weighted by molar-refractivity contribution is 5.99. The number of amides is 2. The smallest absolute Gasteiger partial charge is 0.233 e. The van der Waals surface area contributed by atoms with E-state index in [1.807, 2.05) is 78.9 Å². The summed E-state index contributed by atoms with van der Waals surface area (Å²) in [5.41, 5.74) is 1.83. The van der Waals surface area contributed by atoms with Crippen molar-refractivity contribution in [3.8, 4) is 11.5 Å². The molecule has 0 radical (unpaired) electrons. The van der Waals surface area contributed by atoms with Crippen molar-refractivity contribution in [1.29, 1.82) is 0 Å². The van der Waals surface area contributed by atoms with Gasteiger partial charge >= 0.3 is 0 Å². The molecule has 0 spiro atoms. The van der Waals surface area contributed by atoms with Crippen LogP contribution >= 0.6 is 0 Å². The molecular formula is C40H46N6O8. The summed E-state index contributed by atoms with van der Waals surface area (Å²) in [5, 5.41) is 17.3. The van der Waals surface area contributed by atoms with Crippen molar-refractivity contribution in [2.75, 3.05) is 38.6 Å². The first-order chi connectivity index (χ1) is 26.0. The van der Waals surface area contributed by atoms with Crippen LogP contribution in [0.4, 0.5) is 11.8 Å². The molecule has 0 saturated carbocycles. The number of methoxy groups -OCH3 is 3. The second kappa shape index (κ2) is 16.3. The molecule has 2 aromatic heterocycles. The minimum absolute atomic E-state index is 0.0268. The summed E-state index contributed by atoms with van der Waals surface area (Å²) < 4.78 is 32.0. The van der Waals surface area contributed by atoms with E-state index in [-0.39, 0.29) is 53.2 Å². The molecule has 1 fully saturated rings. The van der Waals surface area contributed by atoms with Gasteiger partial charge in [-0.1, -0.05) is 82.3 Å². The molecule has 5 aromatic rings. The number of aromatic nitrogens is 4. The van der Waals surface area contributed by atoms with Crippen LogP contribution in [0.3, 0.4) is 0 Å². The lowest BCUT2D eigenvalue weighted by Gasteiger charge is -2.37. The second-order valence-electron chi connectivity index (χ2n) is 13.6. The first kappa shape index (κ1) is 38.3. The largest absolute Gasteiger partial charge is 0.497 e. The van der Waals surface area contributed by atoms with Crippen molar-refractivity contribution >= 4 is 34.7 Å². The molecule has 54 heavy (non-hydrogen) atoms. The number of nitrogens with zero attached hydrogens (tertiary/aromatic N) is 4. The van der Waals surface area contributed by atoms with Crippen LogP contribution < -0.4 is 20.1 Å². The van der Waals surface area contributed by atoms with E-state index in [4.69, 9.17) is 23.7 Å². The fourth-order valence-corrected chi connectivity index (χ4v) is 6.38. The fourth-order valence-electron chi connectivity index (χ4n) is 6.38. The van der Waals surface area contributed by atoms with E-state index in [9.17, 15) is 14.7 Å². The standard InChI is InChI=1S/C40H46N6O8/c1-23(2)36(48)42-34-31-35(44-39(43-34)45-37(49)24(3)4)46(22-41-31)38-33(52-7)32(47)30(54-38)21-53-40(25-11-9-8-10-12-25,26-13-17-28(50-5)18-14-26)27-15-19-29(51-6)20-16-27/h8-20,22-24,30,32-33,38,47H,21H2,1-7H3,(H2,42,43,44,45,48,49)/t30-,32-,33-,38?/m1/s1. The quantitative estimate of drug-likeness (QED) is 0.126. The third-order valence-corrected chi connectivity index (χ3v) is 9.44. The third kappa shape index (κ3) is 7.51. The Labute approximate surface area is 313 Å². The van der Waals surface area contributed by atoms with Crippen LogP contribution in [-0.4, -0.2) is 82.7 Å². The van der Waals surface area contributed by atoms with Gasteiger partial charge in [-0.05, 0) is 41.0 Å². The van der Waals surface area contributed by atoms with Gasteiger partial charge in [0.15, 0.2) is 23.2 Å². The number of carbonyl (C=O) groups excluding carboxylic acids is 2. The Kier molecular flexibility index (Phi) is 11.6. The van der Waals surface area contributed by atoms with Gasteiger partial charge in [0.1, 0.15) is 35.4 Å². The summed E-state index contributed by atoms with van der Waals surface area (Å²) >= 11 is 0. The molecule has 14 heteroatoms. The normalized spacial score (nSPS) is 18.6. The van der Waals surface area contributed by atoms with Crippen LogP contribution in [0.5, 0.6) is 11.5 Å². The Balaban J connectivity index is 1.39. The predicted octanol–water partition coefficient (Wildman–Crippen LogP) is 5.31. The van der Waals surface area contributed by atoms with Gasteiger partial charge in [-0.3, -0.25) is 19.5 Å². The molecule has 2 amide bonds. The zero-order valence-corrected chi connectivity index (χ0v) is 31.3. The van der Waals surface area contributed by atoms with E-state index in [0.29, 0.717) is 11.5 Å². The summed E-state index contributed by atoms with van der Waals surface area (Å²) in [7, 11) is 4.70. The van der Waals surface area contributed by atoms with E-state index in [0.717, 1.165) is 16.7 Å². The number of imidazole rings is 1. The van der Waals surface area contributed by atoms with Gasteiger partial charge in [0, 0.05) is 18.9 Å². The van der Waals surface area contributed by atoms with Crippen molar-refractivity contribution in [2.45, 2.75) is 57.8 Å². The lowest BCUT2D eigenvalue weighted by molar-refractivity contribution is -0.119. The van der Waals surface area contributed by atoms with E-state index < -0.39 is 30.1 Å². The number of benzene rings is 3. The highest BCUT2D eigenvalue weighted by Crippen LogP contribution is 2.43. The second-order valence-corrected chi connectivity index (χ2v) is 13.6. The zero-order valence-electron chi connectivity index (χ0n) is 31.3. The van der Waals surface area contributed by atoms with E-state index in [1.165, 1.54) is 13.4 Å². The maximum Gasteiger partial charge on any atom is 0.233 e. The fraction of sp³-hybridized carbons (Fsp3) is 0.375. The number of aliphatic hydroxyl groups is 1. The summed E-state index contributed by atoms with van der Waals surface area (Å²) in [4.78, 5) is 39.0. The molecule has 1 saturated heterocycles. The monoisotopic (exact) mass is 738 g/mol. The summed E-state index contributed by atoms with van der Waals surface area (Å²) in [6.45, 7) is 6.92. The Hall–Kier alpha value is -5.41. The molecule has 284 valence electrons. The number of carbonyl (C=O) groups is 2. The van der Waals surface area contributed by atoms with E-state index >= 15 is 0 Å². The van der Waals surface area contributed by atoms with Crippen LogP contribution in [0.15, 0.2) is 85.2 Å². The maximum absolute atomic E-state index is 12.8. The van der Waals surface area contributed by atoms with Crippen molar-refractivity contribution in [3.05, 3.63) is 102 Å². The van der Waals surface area contributed by atoms with Crippen molar-refractivity contribution < 1.29 is 38.4 Å². The highest BCUT2D eigenvalue weighted by Gasteiger charge is 2.48. The number of hydrogen-bond donors (Lipinski definition) is 3. The third-order valence-electron chi connectivity index (χ3n) is 9.44. The van der Waals surface area contributed by atoms with E-state index in [1.54, 1.807) is 46.5 Å². The lowest BCUT2D eigenvalue weighted by atomic mass is 9.80. The van der Waals surface area contributed by atoms with Gasteiger partial charge < -0.3 is 34.1 Å². The Morgan fingerprint density at radius 2 is 1.37 bits per heavy atom. The van der Waals surface area contributed by atoms with Crippen molar-refractivity contribution in [1.82, 2.24) is 19.5 Å². The molecule has 4 atom stereocenters. The maximum atomic E-state index is 12.8. The topological polar surface area (TPSA) is 168 Å². The molecule has 1 unspecified atom stereocenters. The molecular weight excluding hydrogens is 692 g/mol. The minimum Gasteiger partial charge on any atom is -0.497 e. The minimum atomic E-state index is -1.16. The van der Waals surface area contributed by atoms with Crippen molar-refractivity contribution in [2.24, 2.45) is 11.8 Å². The van der Waals surface area contributed by atoms with Gasteiger partial charge in [-0.25, -0.2) is 4.98 Å². The van der Waals surface area contributed by atoms with Gasteiger partial charge in [-0.2, -0.15) is 9.97 Å². The number of hydrogen-bond acceptors (Lipinski definition) is 11. The Bertz CT molecular complexity index is 2010. The van der Waals surface area contributed by atoms with Crippen LogP contribution in [0.25, 0.3) is 11.2 Å². The Morgan fingerprint density at radius 1 is 0.815 bits per heavy atom. The number of nitrogens with one attached hydrogen (secondary N) is 2. The first-order valence-electron chi connectivity index (χ1n) is 17.7. The molecule has 1 aliphatic rings. The molecule has 3 heterocycles. The van der Waals surface area contributed by atoms with Gasteiger partial charge in [0.05, 0.1) is 27.2 Å². The molecule has 3 aromatic carbocycles. The van der Waals surface area contributed by atoms with Gasteiger partial charge in [-0.15, -0.1) is 0 Å². The van der Waals surface area contributed by atoms with Gasteiger partial charge in [0.2, 0.25) is 17.8 Å². The predicted molar refractivity (Wildman–Crippen MR) is 201 cm³/mol. The van der Waals surface area contributed by atoms with Crippen LogP contribution in [0.2, 0.25) is 0 Å². The lowest BCUT2D eigenvalue weighted by Crippen LogP contribution is -2.40. The number of ether oxygens (including phenoxy) is 5. The molecule has 1 aliphatic heterocycles. The molecule has 0 bridgehead atoms. The molecule has 3 N–H and O–H groups in total. The number of anilines is 2. The van der Waals surface area contributed by atoms with Gasteiger partial charge in [0.25, 0.3) is 0 Å². The van der Waals surface area contributed by atoms with Crippen LogP contribution in [0, 0.1) is 11.8 Å². The highest BCUT2D eigenvalue weighted by atomic mass is 16.6. The SMILES string of the molecule is COc1ccc(C(OC[C@H]2OC(n3cnc4c(NC(=O)C(C)C)nc(NC(=O)C(C)C)nc43)[C@H](OC)[C@@H]2O)(c2ccccc2)c2ccc(OC)cc2)cc1. The van der Waals surface area contributed by atoms with E-state index in [2.05, 4.69) is 25.6 Å². The summed E-state index contributed by atoms with van der Waals surface area (Å²) in [6, 6.07) is 25.1. The van der Waals surface area contributed by atoms with Crippen LogP contribution in [-0.2, 0) is 29.4 Å².